The monoisotopic (exact) mass is 458 g/mol. The first kappa shape index (κ1) is 21.3. The van der Waals surface area contributed by atoms with E-state index in [1.807, 2.05) is 70.0 Å². The fraction of sp³-hybridized carbons (Fsp3) is 0.133. The van der Waals surface area contributed by atoms with Gasteiger partial charge in [-0.3, -0.25) is 0 Å². The largest absolute Gasteiger partial charge is 0.372 e. The minimum atomic E-state index is 0.454. The first-order valence-corrected chi connectivity index (χ1v) is 11.8. The minimum Gasteiger partial charge on any atom is -0.372 e. The van der Waals surface area contributed by atoms with E-state index in [0.717, 1.165) is 44.7 Å². The molecule has 0 N–H and O–H groups in total. The van der Waals surface area contributed by atoms with Crippen molar-refractivity contribution in [1.29, 1.82) is 0 Å². The molecule has 5 heteroatoms. The summed E-state index contributed by atoms with van der Waals surface area (Å²) in [7, 11) is 0. The molecule has 2 aromatic carbocycles. The average Bonchev–Trinajstić information content (AvgIpc) is 3.46. The van der Waals surface area contributed by atoms with Crippen molar-refractivity contribution < 1.29 is 4.74 Å². The number of hydrogen-bond donors (Lipinski definition) is 0. The Morgan fingerprint density at radius 2 is 1.00 bits per heavy atom. The van der Waals surface area contributed by atoms with Crippen molar-refractivity contribution in [2.75, 3.05) is 0 Å². The van der Waals surface area contributed by atoms with Crippen LogP contribution in [0.5, 0.6) is 0 Å². The second-order valence-electron chi connectivity index (χ2n) is 8.85. The Hall–Kier alpha value is -4.22. The van der Waals surface area contributed by atoms with Crippen LogP contribution in [-0.2, 0) is 18.0 Å². The number of hydrogen-bond acceptors (Lipinski definition) is 3. The van der Waals surface area contributed by atoms with Crippen LogP contribution in [0.3, 0.4) is 0 Å². The van der Waals surface area contributed by atoms with Crippen molar-refractivity contribution in [2.24, 2.45) is 0 Å². The highest BCUT2D eigenvalue weighted by Gasteiger charge is 2.19. The number of fused-ring (bicyclic) bond motifs is 2. The van der Waals surface area contributed by atoms with Crippen molar-refractivity contribution in [1.82, 2.24) is 19.2 Å². The average molecular weight is 459 g/mol. The van der Waals surface area contributed by atoms with Gasteiger partial charge in [-0.15, -0.1) is 0 Å². The van der Waals surface area contributed by atoms with Gasteiger partial charge in [-0.25, -0.2) is 9.03 Å². The van der Waals surface area contributed by atoms with Crippen LogP contribution in [0.15, 0.2) is 97.3 Å². The summed E-state index contributed by atoms with van der Waals surface area (Å²) in [4.78, 5) is 0. The predicted octanol–water partition coefficient (Wildman–Crippen LogP) is 6.65. The van der Waals surface area contributed by atoms with E-state index in [9.17, 15) is 0 Å². The molecule has 4 aromatic heterocycles. The second kappa shape index (κ2) is 8.85. The van der Waals surface area contributed by atoms with Gasteiger partial charge in [0.25, 0.3) is 0 Å². The number of nitrogens with zero attached hydrogens (tertiary/aromatic N) is 4. The van der Waals surface area contributed by atoms with Crippen molar-refractivity contribution in [3.63, 3.8) is 0 Å². The molecular weight excluding hydrogens is 432 g/mol. The molecule has 6 rings (SSSR count). The van der Waals surface area contributed by atoms with Gasteiger partial charge in [0.1, 0.15) is 0 Å². The zero-order valence-corrected chi connectivity index (χ0v) is 19.8. The summed E-state index contributed by atoms with van der Waals surface area (Å²) in [6.07, 6.45) is 4.00. The molecule has 5 nitrogen and oxygen atoms in total. The molecule has 35 heavy (non-hydrogen) atoms. The van der Waals surface area contributed by atoms with Gasteiger partial charge in [-0.2, -0.15) is 10.2 Å². The van der Waals surface area contributed by atoms with Gasteiger partial charge in [-0.05, 0) is 37.1 Å². The summed E-state index contributed by atoms with van der Waals surface area (Å²) in [6, 6.07) is 28.9. The van der Waals surface area contributed by atoms with Gasteiger partial charge in [0, 0.05) is 34.6 Å². The van der Waals surface area contributed by atoms with E-state index in [2.05, 4.69) is 50.2 Å². The summed E-state index contributed by atoms with van der Waals surface area (Å²) in [5, 5.41) is 9.82. The predicted molar refractivity (Wildman–Crippen MR) is 139 cm³/mol. The number of pyridine rings is 2. The Kier molecular flexibility index (Phi) is 5.39. The fourth-order valence-corrected chi connectivity index (χ4v) is 4.87. The Morgan fingerprint density at radius 1 is 0.571 bits per heavy atom. The molecule has 0 radical (unpaired) electrons. The molecular formula is C30H26N4O. The van der Waals surface area contributed by atoms with Crippen LogP contribution in [0.1, 0.15) is 22.3 Å². The summed E-state index contributed by atoms with van der Waals surface area (Å²) < 4.78 is 10.4. The summed E-state index contributed by atoms with van der Waals surface area (Å²) in [5.74, 6) is 0. The normalized spacial score (nSPS) is 11.5. The molecule has 0 atom stereocenters. The molecule has 0 amide bonds. The fourth-order valence-electron chi connectivity index (χ4n) is 4.87. The highest BCUT2D eigenvalue weighted by molar-refractivity contribution is 5.76. The van der Waals surface area contributed by atoms with E-state index in [-0.39, 0.29) is 0 Å². The molecule has 0 fully saturated rings. The molecule has 0 unspecified atom stereocenters. The van der Waals surface area contributed by atoms with Gasteiger partial charge < -0.3 is 4.74 Å². The second-order valence-corrected chi connectivity index (χ2v) is 8.85. The molecule has 0 saturated carbocycles. The van der Waals surface area contributed by atoms with Crippen LogP contribution in [0.2, 0.25) is 0 Å². The highest BCUT2D eigenvalue weighted by Crippen LogP contribution is 2.31. The Labute approximate surface area is 204 Å². The lowest BCUT2D eigenvalue weighted by molar-refractivity contribution is 0.109. The molecule has 172 valence electrons. The summed E-state index contributed by atoms with van der Waals surface area (Å²) in [6.45, 7) is 5.15. The van der Waals surface area contributed by atoms with Gasteiger partial charge >= 0.3 is 0 Å². The lowest BCUT2D eigenvalue weighted by atomic mass is 10.0. The topological polar surface area (TPSA) is 43.8 Å². The van der Waals surface area contributed by atoms with E-state index >= 15 is 0 Å². The Morgan fingerprint density at radius 3 is 1.43 bits per heavy atom. The zero-order valence-electron chi connectivity index (χ0n) is 19.8. The lowest BCUT2D eigenvalue weighted by Gasteiger charge is -2.09. The molecule has 0 aliphatic carbocycles. The van der Waals surface area contributed by atoms with Crippen molar-refractivity contribution in [3.8, 4) is 22.5 Å². The van der Waals surface area contributed by atoms with Crippen molar-refractivity contribution in [2.45, 2.75) is 27.1 Å². The first-order chi connectivity index (χ1) is 17.2. The SMILES string of the molecule is Cc1cccn2nc(-c3ccccc3)c(COCc3c(-c4ccccc4)nn4cccc(C)c34)c12. The van der Waals surface area contributed by atoms with E-state index in [4.69, 9.17) is 14.9 Å². The maximum atomic E-state index is 6.47. The van der Waals surface area contributed by atoms with Crippen molar-refractivity contribution in [3.05, 3.63) is 120 Å². The lowest BCUT2D eigenvalue weighted by Crippen LogP contribution is -1.98. The Bertz CT molecular complexity index is 1510. The number of aryl methyl sites for hydroxylation is 2. The van der Waals surface area contributed by atoms with Crippen LogP contribution >= 0.6 is 0 Å². The molecule has 0 aliphatic rings. The number of rotatable bonds is 6. The van der Waals surface area contributed by atoms with Gasteiger partial charge in [0.05, 0.1) is 35.6 Å². The quantitative estimate of drug-likeness (QED) is 0.281. The van der Waals surface area contributed by atoms with Crippen molar-refractivity contribution >= 4 is 11.0 Å². The molecule has 0 bridgehead atoms. The van der Waals surface area contributed by atoms with Crippen LogP contribution in [-0.4, -0.2) is 19.2 Å². The van der Waals surface area contributed by atoms with Gasteiger partial charge in [0.2, 0.25) is 0 Å². The standard InChI is InChI=1S/C30H26N4O/c1-21-11-9-17-33-29(21)25(27(31-33)23-13-5-3-6-14-23)19-35-20-26-28(24-15-7-4-8-16-24)32-34-18-10-12-22(2)30(26)34/h3-18H,19-20H2,1-2H3. The number of aromatic nitrogens is 4. The third kappa shape index (κ3) is 3.80. The van der Waals surface area contributed by atoms with E-state index < -0.39 is 0 Å². The summed E-state index contributed by atoms with van der Waals surface area (Å²) >= 11 is 0. The maximum absolute atomic E-state index is 6.47. The smallest absolute Gasteiger partial charge is 0.0989 e. The summed E-state index contributed by atoms with van der Waals surface area (Å²) in [5.41, 5.74) is 10.9. The van der Waals surface area contributed by atoms with Gasteiger partial charge in [0.15, 0.2) is 0 Å². The first-order valence-electron chi connectivity index (χ1n) is 11.8. The van der Waals surface area contributed by atoms with Crippen LogP contribution in [0.4, 0.5) is 0 Å². The van der Waals surface area contributed by atoms with E-state index in [1.165, 1.54) is 11.1 Å². The molecule has 0 spiro atoms. The number of ether oxygens (including phenoxy) is 1. The number of benzene rings is 2. The third-order valence-electron chi connectivity index (χ3n) is 6.50. The van der Waals surface area contributed by atoms with Crippen LogP contribution < -0.4 is 0 Å². The zero-order chi connectivity index (χ0) is 23.8. The van der Waals surface area contributed by atoms with Crippen LogP contribution in [0.25, 0.3) is 33.5 Å². The van der Waals surface area contributed by atoms with Crippen LogP contribution in [0, 0.1) is 13.8 Å². The molecule has 4 heterocycles. The van der Waals surface area contributed by atoms with E-state index in [0.29, 0.717) is 13.2 Å². The minimum absolute atomic E-state index is 0.454. The van der Waals surface area contributed by atoms with E-state index in [1.54, 1.807) is 0 Å². The maximum Gasteiger partial charge on any atom is 0.0989 e. The Balaban J connectivity index is 1.40. The highest BCUT2D eigenvalue weighted by atomic mass is 16.5. The molecule has 0 aliphatic heterocycles. The molecule has 6 aromatic rings. The van der Waals surface area contributed by atoms with Gasteiger partial charge in [-0.1, -0.05) is 72.8 Å². The third-order valence-corrected chi connectivity index (χ3v) is 6.50. The molecule has 0 saturated heterocycles.